The number of thioether (sulfide) groups is 1. The molecular weight excluding hydrogens is 487 g/mol. The number of ether oxygens (including phenoxy) is 2. The van der Waals surface area contributed by atoms with Crippen LogP contribution >= 0.6 is 23.1 Å². The van der Waals surface area contributed by atoms with Crippen LogP contribution in [0.2, 0.25) is 0 Å². The van der Waals surface area contributed by atoms with E-state index in [2.05, 4.69) is 10.2 Å². The zero-order valence-corrected chi connectivity index (χ0v) is 20.9. The highest BCUT2D eigenvalue weighted by Gasteiger charge is 2.19. The Morgan fingerprint density at radius 2 is 1.83 bits per heavy atom. The quantitative estimate of drug-likeness (QED) is 0.248. The highest BCUT2D eigenvalue weighted by atomic mass is 32.2. The fourth-order valence-corrected chi connectivity index (χ4v) is 5.62. The molecule has 0 bridgehead atoms. The van der Waals surface area contributed by atoms with E-state index < -0.39 is 0 Å². The molecule has 0 unspecified atom stereocenters. The molecule has 0 atom stereocenters. The number of hydrogen-bond acceptors (Lipinski definition) is 7. The summed E-state index contributed by atoms with van der Waals surface area (Å²) in [5, 5.41) is 11.2. The molecule has 0 aliphatic heterocycles. The van der Waals surface area contributed by atoms with Gasteiger partial charge in [0.1, 0.15) is 10.5 Å². The smallest absolute Gasteiger partial charge is 0.273 e. The van der Waals surface area contributed by atoms with E-state index in [1.807, 2.05) is 54.0 Å². The third-order valence-electron chi connectivity index (χ3n) is 5.45. The second-order valence-corrected chi connectivity index (χ2v) is 9.53. The monoisotopic (exact) mass is 510 g/mol. The van der Waals surface area contributed by atoms with E-state index in [0.29, 0.717) is 58.2 Å². The number of aromatic nitrogens is 4. The summed E-state index contributed by atoms with van der Waals surface area (Å²) < 4.78 is 29.7. The zero-order valence-electron chi connectivity index (χ0n) is 19.2. The van der Waals surface area contributed by atoms with Gasteiger partial charge in [0.25, 0.3) is 5.56 Å². The fourth-order valence-electron chi connectivity index (χ4n) is 3.87. The van der Waals surface area contributed by atoms with Gasteiger partial charge in [0.2, 0.25) is 5.78 Å². The van der Waals surface area contributed by atoms with Crippen LogP contribution in [0.1, 0.15) is 25.0 Å². The lowest BCUT2D eigenvalue weighted by molar-refractivity contribution is 0.287. The third kappa shape index (κ3) is 4.51. The molecule has 3 heterocycles. The number of benzene rings is 2. The van der Waals surface area contributed by atoms with Gasteiger partial charge in [0.15, 0.2) is 16.7 Å². The van der Waals surface area contributed by atoms with E-state index in [0.717, 1.165) is 11.1 Å². The summed E-state index contributed by atoms with van der Waals surface area (Å²) in [6, 6.07) is 14.2. The maximum Gasteiger partial charge on any atom is 0.273 e. The first-order valence-electron chi connectivity index (χ1n) is 11.2. The van der Waals surface area contributed by atoms with Gasteiger partial charge in [-0.15, -0.1) is 21.5 Å². The minimum atomic E-state index is -0.257. The Labute approximate surface area is 209 Å². The number of hydrogen-bond donors (Lipinski definition) is 0. The summed E-state index contributed by atoms with van der Waals surface area (Å²) in [6.45, 7) is 5.16. The van der Waals surface area contributed by atoms with Crippen LogP contribution in [0.25, 0.3) is 16.0 Å². The molecule has 5 rings (SSSR count). The van der Waals surface area contributed by atoms with E-state index >= 15 is 0 Å². The molecule has 5 aromatic rings. The second-order valence-electron chi connectivity index (χ2n) is 7.67. The summed E-state index contributed by atoms with van der Waals surface area (Å²) in [4.78, 5) is 13.4. The molecule has 3 aromatic heterocycles. The minimum absolute atomic E-state index is 0.132. The fraction of sp³-hybridized carbons (Fsp3) is 0.240. The van der Waals surface area contributed by atoms with Crippen LogP contribution in [0.4, 0.5) is 4.39 Å². The molecular formula is C25H23FN4O3S2. The van der Waals surface area contributed by atoms with Gasteiger partial charge in [-0.1, -0.05) is 36.0 Å². The lowest BCUT2D eigenvalue weighted by atomic mass is 10.2. The first-order valence-corrected chi connectivity index (χ1v) is 13.1. The summed E-state index contributed by atoms with van der Waals surface area (Å²) in [5.41, 5.74) is 2.07. The van der Waals surface area contributed by atoms with E-state index in [-0.39, 0.29) is 11.4 Å². The van der Waals surface area contributed by atoms with Crippen LogP contribution in [-0.4, -0.2) is 32.4 Å². The average Bonchev–Trinajstić information content (AvgIpc) is 3.50. The van der Waals surface area contributed by atoms with Crippen molar-refractivity contribution in [3.05, 3.63) is 81.2 Å². The first kappa shape index (κ1) is 23.4. The van der Waals surface area contributed by atoms with Gasteiger partial charge in [-0.2, -0.15) is 0 Å². The minimum Gasteiger partial charge on any atom is -0.490 e. The highest BCUT2D eigenvalue weighted by Crippen LogP contribution is 2.30. The Hall–Kier alpha value is -3.37. The average molecular weight is 511 g/mol. The molecule has 0 amide bonds. The highest BCUT2D eigenvalue weighted by molar-refractivity contribution is 7.98. The summed E-state index contributed by atoms with van der Waals surface area (Å²) in [6.07, 6.45) is 0. The molecule has 7 nitrogen and oxygen atoms in total. The van der Waals surface area contributed by atoms with Gasteiger partial charge in [0.05, 0.1) is 25.3 Å². The molecule has 0 aliphatic carbocycles. The summed E-state index contributed by atoms with van der Waals surface area (Å²) >= 11 is 2.76. The Kier molecular flexibility index (Phi) is 6.74. The first-order chi connectivity index (χ1) is 17.1. The molecule has 0 saturated carbocycles. The molecule has 180 valence electrons. The van der Waals surface area contributed by atoms with Crippen molar-refractivity contribution >= 4 is 39.1 Å². The van der Waals surface area contributed by atoms with Crippen LogP contribution in [0, 0.1) is 5.82 Å². The molecule has 2 aromatic carbocycles. The Morgan fingerprint density at radius 3 is 2.63 bits per heavy atom. The van der Waals surface area contributed by atoms with Crippen molar-refractivity contribution < 1.29 is 13.9 Å². The number of halogens is 1. The van der Waals surface area contributed by atoms with Crippen LogP contribution in [0.15, 0.2) is 63.9 Å². The van der Waals surface area contributed by atoms with Crippen LogP contribution in [0.3, 0.4) is 0 Å². The van der Waals surface area contributed by atoms with E-state index in [1.54, 1.807) is 16.7 Å². The zero-order chi connectivity index (χ0) is 24.4. The van der Waals surface area contributed by atoms with E-state index in [9.17, 15) is 9.18 Å². The summed E-state index contributed by atoms with van der Waals surface area (Å²) in [5.74, 6) is 1.87. The molecule has 0 saturated heterocycles. The maximum absolute atomic E-state index is 14.1. The molecule has 0 spiro atoms. The topological polar surface area (TPSA) is 70.7 Å². The standard InChI is InChI=1S/C25H23FN4O3S2/c1-3-32-20-10-9-16(13-21(20)33-4-2)14-29-23(31)22-19(11-12-34-22)30-24(29)27-28-25(30)35-15-17-7-5-6-8-18(17)26/h5-13H,3-4,14-15H2,1-2H3. The second kappa shape index (κ2) is 10.1. The predicted octanol–water partition coefficient (Wildman–Crippen LogP) is 5.38. The Balaban J connectivity index is 1.56. The van der Waals surface area contributed by atoms with Crippen molar-refractivity contribution in [3.8, 4) is 11.5 Å². The van der Waals surface area contributed by atoms with Gasteiger partial charge in [-0.3, -0.25) is 13.8 Å². The molecule has 35 heavy (non-hydrogen) atoms. The van der Waals surface area contributed by atoms with Crippen LogP contribution < -0.4 is 15.0 Å². The normalized spacial score (nSPS) is 11.4. The van der Waals surface area contributed by atoms with Crippen LogP contribution in [0.5, 0.6) is 11.5 Å². The van der Waals surface area contributed by atoms with Gasteiger partial charge >= 0.3 is 0 Å². The molecule has 0 aliphatic rings. The van der Waals surface area contributed by atoms with Crippen molar-refractivity contribution in [2.75, 3.05) is 13.2 Å². The van der Waals surface area contributed by atoms with Gasteiger partial charge in [-0.25, -0.2) is 4.39 Å². The molecule has 0 radical (unpaired) electrons. The van der Waals surface area contributed by atoms with Gasteiger partial charge in [-0.05, 0) is 54.6 Å². The maximum atomic E-state index is 14.1. The van der Waals surface area contributed by atoms with Crippen molar-refractivity contribution in [2.45, 2.75) is 31.3 Å². The molecule has 0 fully saturated rings. The Morgan fingerprint density at radius 1 is 1.03 bits per heavy atom. The van der Waals surface area contributed by atoms with E-state index in [1.165, 1.54) is 29.2 Å². The SMILES string of the molecule is CCOc1ccc(Cn2c(=O)c3sccc3n3c(SCc4ccccc4F)nnc23)cc1OCC. The Bertz CT molecular complexity index is 1560. The van der Waals surface area contributed by atoms with Gasteiger partial charge < -0.3 is 9.47 Å². The number of rotatable bonds is 9. The molecule has 0 N–H and O–H groups in total. The lowest BCUT2D eigenvalue weighted by Crippen LogP contribution is -2.23. The van der Waals surface area contributed by atoms with Crippen molar-refractivity contribution in [1.29, 1.82) is 0 Å². The van der Waals surface area contributed by atoms with Crippen molar-refractivity contribution in [1.82, 2.24) is 19.2 Å². The molecule has 10 heteroatoms. The lowest BCUT2D eigenvalue weighted by Gasteiger charge is -2.14. The predicted molar refractivity (Wildman–Crippen MR) is 136 cm³/mol. The van der Waals surface area contributed by atoms with Crippen LogP contribution in [-0.2, 0) is 12.3 Å². The number of thiophene rings is 1. The number of fused-ring (bicyclic) bond motifs is 3. The van der Waals surface area contributed by atoms with Crippen molar-refractivity contribution in [2.24, 2.45) is 0 Å². The van der Waals surface area contributed by atoms with E-state index in [4.69, 9.17) is 9.47 Å². The number of nitrogens with zero attached hydrogens (tertiary/aromatic N) is 4. The summed E-state index contributed by atoms with van der Waals surface area (Å²) in [7, 11) is 0. The third-order valence-corrected chi connectivity index (χ3v) is 7.31. The van der Waals surface area contributed by atoms with Gasteiger partial charge in [0, 0.05) is 5.75 Å². The van der Waals surface area contributed by atoms with Crippen molar-refractivity contribution in [3.63, 3.8) is 0 Å². The largest absolute Gasteiger partial charge is 0.490 e.